The van der Waals surface area contributed by atoms with Gasteiger partial charge in [-0.1, -0.05) is 37.6 Å². The zero-order chi connectivity index (χ0) is 23.6. The molecule has 9 heteroatoms. The highest BCUT2D eigenvalue weighted by molar-refractivity contribution is 7.77. The third kappa shape index (κ3) is 8.12. The van der Waals surface area contributed by atoms with Gasteiger partial charge >= 0.3 is 6.03 Å². The zero-order valence-electron chi connectivity index (χ0n) is 19.1. The number of piperidine rings is 1. The normalized spacial score (nSPS) is 15.8. The number of rotatable bonds is 11. The second kappa shape index (κ2) is 12.7. The van der Waals surface area contributed by atoms with E-state index in [1.54, 1.807) is 0 Å². The van der Waals surface area contributed by atoms with Crippen molar-refractivity contribution in [1.82, 2.24) is 14.5 Å². The highest BCUT2D eigenvalue weighted by atomic mass is 32.2. The Balaban J connectivity index is 1.46. The van der Waals surface area contributed by atoms with Crippen molar-refractivity contribution in [2.24, 2.45) is 5.73 Å². The van der Waals surface area contributed by atoms with E-state index in [2.05, 4.69) is 28.7 Å². The molecule has 2 amide bonds. The predicted octanol–water partition coefficient (Wildman–Crippen LogP) is 3.85. The number of hydrogen-bond donors (Lipinski definition) is 3. The van der Waals surface area contributed by atoms with Crippen LogP contribution in [-0.2, 0) is 24.4 Å². The maximum Gasteiger partial charge on any atom is 0.315 e. The minimum atomic E-state index is -2.02. The maximum atomic E-state index is 11.8. The molecule has 1 unspecified atom stereocenters. The first-order valence-electron chi connectivity index (χ1n) is 11.4. The fourth-order valence-electron chi connectivity index (χ4n) is 4.07. The Morgan fingerprint density at radius 3 is 2.21 bits per heavy atom. The average Bonchev–Trinajstić information content (AvgIpc) is 2.81. The van der Waals surface area contributed by atoms with Gasteiger partial charge in [-0.15, -0.1) is 0 Å². The molecule has 8 nitrogen and oxygen atoms in total. The van der Waals surface area contributed by atoms with Crippen molar-refractivity contribution >= 4 is 17.3 Å². The fraction of sp³-hybridized carbons (Fsp3) is 0.458. The minimum absolute atomic E-state index is 0.244. The molecule has 0 spiro atoms. The Labute approximate surface area is 198 Å². The first kappa shape index (κ1) is 25.2. The Morgan fingerprint density at radius 2 is 1.70 bits per heavy atom. The van der Waals surface area contributed by atoms with Crippen LogP contribution in [-0.4, -0.2) is 50.3 Å². The van der Waals surface area contributed by atoms with Gasteiger partial charge in [0.1, 0.15) is 11.5 Å². The molecule has 0 bridgehead atoms. The second-order valence-electron chi connectivity index (χ2n) is 8.35. The van der Waals surface area contributed by atoms with E-state index in [1.165, 1.54) is 5.56 Å². The van der Waals surface area contributed by atoms with Crippen molar-refractivity contribution < 1.29 is 18.3 Å². The van der Waals surface area contributed by atoms with E-state index in [9.17, 15) is 9.00 Å². The smallest absolute Gasteiger partial charge is 0.315 e. The number of amides is 2. The van der Waals surface area contributed by atoms with Gasteiger partial charge < -0.3 is 15.4 Å². The molecule has 0 saturated carbocycles. The number of primary amides is 1. The van der Waals surface area contributed by atoms with E-state index in [1.807, 2.05) is 41.3 Å². The van der Waals surface area contributed by atoms with E-state index in [-0.39, 0.29) is 12.1 Å². The Kier molecular flexibility index (Phi) is 9.68. The molecule has 1 aliphatic heterocycles. The molecule has 0 radical (unpaired) electrons. The molecule has 3 rings (SSSR count). The van der Waals surface area contributed by atoms with Gasteiger partial charge in [-0.25, -0.2) is 13.7 Å². The quantitative estimate of drug-likeness (QED) is 0.429. The molecule has 0 aliphatic carbocycles. The number of urea groups is 1. The summed E-state index contributed by atoms with van der Waals surface area (Å²) in [5.74, 6) is 1.47. The summed E-state index contributed by atoms with van der Waals surface area (Å²) in [7, 11) is 0. The average molecular weight is 475 g/mol. The summed E-state index contributed by atoms with van der Waals surface area (Å²) in [5.41, 5.74) is 7.72. The van der Waals surface area contributed by atoms with Gasteiger partial charge in [0.05, 0.1) is 0 Å². The number of benzene rings is 2. The van der Waals surface area contributed by atoms with Crippen molar-refractivity contribution in [3.63, 3.8) is 0 Å². The number of hydrogen-bond acceptors (Lipinski definition) is 4. The zero-order valence-corrected chi connectivity index (χ0v) is 19.9. The van der Waals surface area contributed by atoms with Crippen LogP contribution in [0.3, 0.4) is 0 Å². The first-order chi connectivity index (χ1) is 15.9. The summed E-state index contributed by atoms with van der Waals surface area (Å²) in [5, 5.41) is 0. The van der Waals surface area contributed by atoms with Gasteiger partial charge in [-0.2, -0.15) is 0 Å². The second-order valence-corrected chi connectivity index (χ2v) is 9.14. The van der Waals surface area contributed by atoms with E-state index < -0.39 is 11.3 Å². The van der Waals surface area contributed by atoms with Crippen molar-refractivity contribution in [3.8, 4) is 11.5 Å². The fourth-order valence-corrected chi connectivity index (χ4v) is 4.36. The summed E-state index contributed by atoms with van der Waals surface area (Å²) in [6.45, 7) is 5.95. The Hall–Kier alpha value is -2.46. The third-order valence-electron chi connectivity index (χ3n) is 5.92. The van der Waals surface area contributed by atoms with E-state index in [4.69, 9.17) is 15.0 Å². The van der Waals surface area contributed by atoms with Gasteiger partial charge in [-0.3, -0.25) is 9.45 Å². The largest absolute Gasteiger partial charge is 0.457 e. The molecule has 1 fully saturated rings. The molecule has 1 saturated heterocycles. The monoisotopic (exact) mass is 474 g/mol. The number of unbranched alkanes of at least 4 members (excludes halogenated alkanes) is 1. The Morgan fingerprint density at radius 1 is 1.12 bits per heavy atom. The number of nitrogens with one attached hydrogen (secondary N) is 1. The summed E-state index contributed by atoms with van der Waals surface area (Å²) >= 11 is -2.02. The van der Waals surface area contributed by atoms with E-state index in [0.29, 0.717) is 12.3 Å². The standard InChI is InChI=1S/C24H34N4O4S/c1-2-3-14-28(24(25)29)21-12-15-27(16-13-21)18-20-6-10-23(11-7-20)32-22-8-4-19(5-9-22)17-26-33(30)31/h4-11,21,26H,2-3,12-18H2,1H3,(H2,25,29)(H,30,31). The van der Waals surface area contributed by atoms with Crippen LogP contribution in [0, 0.1) is 0 Å². The van der Waals surface area contributed by atoms with E-state index in [0.717, 1.165) is 63.2 Å². The summed E-state index contributed by atoms with van der Waals surface area (Å²) < 4.78 is 27.8. The van der Waals surface area contributed by atoms with Crippen molar-refractivity contribution in [1.29, 1.82) is 0 Å². The van der Waals surface area contributed by atoms with Crippen LogP contribution in [0.25, 0.3) is 0 Å². The summed E-state index contributed by atoms with van der Waals surface area (Å²) in [6.07, 6.45) is 3.95. The number of nitrogens with two attached hydrogens (primary N) is 1. The number of carbonyl (C=O) groups excluding carboxylic acids is 1. The van der Waals surface area contributed by atoms with Crippen molar-refractivity contribution in [2.75, 3.05) is 19.6 Å². The van der Waals surface area contributed by atoms with Gasteiger partial charge in [0, 0.05) is 38.8 Å². The molecule has 180 valence electrons. The topological polar surface area (TPSA) is 108 Å². The number of ether oxygens (including phenoxy) is 1. The molecule has 2 aromatic rings. The lowest BCUT2D eigenvalue weighted by atomic mass is 10.0. The summed E-state index contributed by atoms with van der Waals surface area (Å²) in [6, 6.07) is 15.4. The van der Waals surface area contributed by atoms with Crippen LogP contribution >= 0.6 is 0 Å². The lowest BCUT2D eigenvalue weighted by molar-refractivity contribution is 0.120. The third-order valence-corrected chi connectivity index (χ3v) is 6.31. The van der Waals surface area contributed by atoms with Gasteiger partial charge in [0.15, 0.2) is 0 Å². The van der Waals surface area contributed by atoms with Crippen LogP contribution in [0.15, 0.2) is 48.5 Å². The SMILES string of the molecule is CCCCN(C(N)=O)C1CCN(Cc2ccc(Oc3ccc(CNS(=O)O)cc3)cc2)CC1. The number of likely N-dealkylation sites (tertiary alicyclic amines) is 1. The lowest BCUT2D eigenvalue weighted by Gasteiger charge is -2.37. The van der Waals surface area contributed by atoms with E-state index >= 15 is 0 Å². The van der Waals surface area contributed by atoms with Crippen LogP contribution in [0.4, 0.5) is 4.79 Å². The highest BCUT2D eigenvalue weighted by Crippen LogP contribution is 2.24. The predicted molar refractivity (Wildman–Crippen MR) is 130 cm³/mol. The van der Waals surface area contributed by atoms with Crippen molar-refractivity contribution in [3.05, 3.63) is 59.7 Å². The molecular formula is C24H34N4O4S. The number of nitrogens with zero attached hydrogens (tertiary/aromatic N) is 2. The maximum absolute atomic E-state index is 11.8. The van der Waals surface area contributed by atoms with Crippen LogP contribution in [0.5, 0.6) is 11.5 Å². The molecular weight excluding hydrogens is 440 g/mol. The molecule has 0 aromatic heterocycles. The van der Waals surface area contributed by atoms with Gasteiger partial charge in [-0.05, 0) is 54.7 Å². The lowest BCUT2D eigenvalue weighted by Crippen LogP contribution is -2.49. The van der Waals surface area contributed by atoms with Crippen molar-refractivity contribution in [2.45, 2.75) is 51.7 Å². The molecule has 4 N–H and O–H groups in total. The molecule has 1 aliphatic rings. The minimum Gasteiger partial charge on any atom is -0.457 e. The molecule has 2 aromatic carbocycles. The number of carbonyl (C=O) groups is 1. The first-order valence-corrected chi connectivity index (χ1v) is 12.5. The molecule has 1 heterocycles. The van der Waals surface area contributed by atoms with Gasteiger partial charge in [0.2, 0.25) is 11.3 Å². The molecule has 1 atom stereocenters. The van der Waals surface area contributed by atoms with Crippen LogP contribution < -0.4 is 15.2 Å². The molecule has 33 heavy (non-hydrogen) atoms. The highest BCUT2D eigenvalue weighted by Gasteiger charge is 2.26. The van der Waals surface area contributed by atoms with Crippen LogP contribution in [0.1, 0.15) is 43.7 Å². The Bertz CT molecular complexity index is 900. The summed E-state index contributed by atoms with van der Waals surface area (Å²) in [4.78, 5) is 16.1. The van der Waals surface area contributed by atoms with Crippen LogP contribution in [0.2, 0.25) is 0 Å². The van der Waals surface area contributed by atoms with Gasteiger partial charge in [0.25, 0.3) is 0 Å².